The fourth-order valence-electron chi connectivity index (χ4n) is 3.91. The molecular formula is C21H18F5N3O3. The van der Waals surface area contributed by atoms with Crippen LogP contribution in [0.1, 0.15) is 12.0 Å². The second-order valence-electron chi connectivity index (χ2n) is 7.58. The van der Waals surface area contributed by atoms with E-state index in [1.54, 1.807) is 0 Å². The van der Waals surface area contributed by atoms with Crippen LogP contribution in [0.4, 0.5) is 22.0 Å². The largest absolute Gasteiger partial charge is 0.419 e. The number of amides is 1. The lowest BCUT2D eigenvalue weighted by atomic mass is 10.0. The summed E-state index contributed by atoms with van der Waals surface area (Å²) >= 11 is 0. The monoisotopic (exact) mass is 455 g/mol. The van der Waals surface area contributed by atoms with E-state index in [0.717, 1.165) is 10.6 Å². The first-order valence-electron chi connectivity index (χ1n) is 9.72. The molecule has 6 nitrogen and oxygen atoms in total. The maximum Gasteiger partial charge on any atom is 0.419 e. The van der Waals surface area contributed by atoms with Crippen LogP contribution in [0.15, 0.2) is 41.5 Å². The van der Waals surface area contributed by atoms with E-state index in [1.165, 1.54) is 27.9 Å². The number of fused-ring (bicyclic) bond motifs is 1. The molecule has 0 spiro atoms. The van der Waals surface area contributed by atoms with Crippen molar-refractivity contribution >= 4 is 16.8 Å². The highest BCUT2D eigenvalue weighted by atomic mass is 19.4. The van der Waals surface area contributed by atoms with Gasteiger partial charge >= 0.3 is 6.18 Å². The van der Waals surface area contributed by atoms with Gasteiger partial charge in [-0.15, -0.1) is 0 Å². The first kappa shape index (κ1) is 22.0. The standard InChI is InChI=1S/C21H18F5N3O3/c22-13-3-5-27(8-13)18(31)10-28-6-4-17-19(20(28)32)14(9-29(17)11-30)12-1-2-16(23)15(7-12)21(24,25)26/h1-2,4,6-7,9,13,30H,3,5,8,10-11H2. The minimum atomic E-state index is -4.94. The molecule has 1 aromatic carbocycles. The summed E-state index contributed by atoms with van der Waals surface area (Å²) in [5, 5.41) is 9.59. The number of nitrogens with zero attached hydrogens (tertiary/aromatic N) is 3. The molecule has 2 aromatic heterocycles. The van der Waals surface area contributed by atoms with Crippen molar-refractivity contribution in [1.82, 2.24) is 14.0 Å². The lowest BCUT2D eigenvalue weighted by Gasteiger charge is -2.16. The third-order valence-corrected chi connectivity index (χ3v) is 5.53. The summed E-state index contributed by atoms with van der Waals surface area (Å²) < 4.78 is 69.0. The topological polar surface area (TPSA) is 67.5 Å². The Morgan fingerprint density at radius 1 is 1.19 bits per heavy atom. The molecule has 32 heavy (non-hydrogen) atoms. The van der Waals surface area contributed by atoms with Crippen LogP contribution in [0.25, 0.3) is 22.0 Å². The molecule has 1 atom stereocenters. The van der Waals surface area contributed by atoms with Gasteiger partial charge in [0.2, 0.25) is 5.91 Å². The van der Waals surface area contributed by atoms with Crippen LogP contribution < -0.4 is 5.56 Å². The van der Waals surface area contributed by atoms with Crippen LogP contribution in [-0.2, 0) is 24.2 Å². The number of aromatic nitrogens is 2. The van der Waals surface area contributed by atoms with Crippen molar-refractivity contribution in [3.8, 4) is 11.1 Å². The number of carbonyl (C=O) groups excluding carboxylic acids is 1. The Morgan fingerprint density at radius 3 is 2.56 bits per heavy atom. The van der Waals surface area contributed by atoms with Gasteiger partial charge in [0, 0.05) is 24.5 Å². The number of likely N-dealkylation sites (tertiary alicyclic amines) is 1. The number of carbonyl (C=O) groups is 1. The van der Waals surface area contributed by atoms with Gasteiger partial charge in [-0.3, -0.25) is 9.59 Å². The average molecular weight is 455 g/mol. The van der Waals surface area contributed by atoms with Crippen LogP contribution in [0.2, 0.25) is 0 Å². The highest BCUT2D eigenvalue weighted by Gasteiger charge is 2.34. The third kappa shape index (κ3) is 3.88. The van der Waals surface area contributed by atoms with E-state index in [9.17, 15) is 36.6 Å². The normalized spacial score (nSPS) is 16.8. The van der Waals surface area contributed by atoms with Crippen molar-refractivity contribution < 1.29 is 31.9 Å². The van der Waals surface area contributed by atoms with Crippen molar-refractivity contribution in [2.75, 3.05) is 13.1 Å². The van der Waals surface area contributed by atoms with Crippen molar-refractivity contribution in [3.05, 3.63) is 58.4 Å². The van der Waals surface area contributed by atoms with Crippen molar-refractivity contribution in [3.63, 3.8) is 0 Å². The molecule has 1 N–H and O–H groups in total. The molecule has 0 saturated carbocycles. The number of aliphatic hydroxyl groups is 1. The minimum absolute atomic E-state index is 0.0288. The molecule has 3 heterocycles. The maximum atomic E-state index is 13.7. The number of alkyl halides is 4. The highest BCUT2D eigenvalue weighted by molar-refractivity contribution is 5.95. The van der Waals surface area contributed by atoms with Crippen LogP contribution in [0, 0.1) is 5.82 Å². The molecule has 1 unspecified atom stereocenters. The Kier molecular flexibility index (Phi) is 5.53. The molecule has 11 heteroatoms. The van der Waals surface area contributed by atoms with Gasteiger partial charge in [0.15, 0.2) is 0 Å². The first-order valence-corrected chi connectivity index (χ1v) is 9.72. The molecule has 1 fully saturated rings. The van der Waals surface area contributed by atoms with E-state index in [-0.39, 0.29) is 48.1 Å². The number of halogens is 5. The van der Waals surface area contributed by atoms with E-state index in [1.807, 2.05) is 0 Å². The Labute approximate surface area is 178 Å². The SMILES string of the molecule is O=C(Cn1ccc2c(c(-c3ccc(F)c(C(F)(F)F)c3)cn2CO)c1=O)N1CCC(F)C1. The summed E-state index contributed by atoms with van der Waals surface area (Å²) in [7, 11) is 0. The summed E-state index contributed by atoms with van der Waals surface area (Å²) in [5.41, 5.74) is -1.94. The maximum absolute atomic E-state index is 13.7. The zero-order valence-corrected chi connectivity index (χ0v) is 16.6. The number of benzene rings is 1. The van der Waals surface area contributed by atoms with Gasteiger partial charge in [0.05, 0.1) is 23.0 Å². The van der Waals surface area contributed by atoms with Gasteiger partial charge in [-0.25, -0.2) is 8.78 Å². The Hall–Kier alpha value is -3.21. The van der Waals surface area contributed by atoms with Crippen molar-refractivity contribution in [1.29, 1.82) is 0 Å². The van der Waals surface area contributed by atoms with Crippen molar-refractivity contribution in [2.24, 2.45) is 0 Å². The zero-order chi connectivity index (χ0) is 23.2. The Morgan fingerprint density at radius 2 is 1.94 bits per heavy atom. The highest BCUT2D eigenvalue weighted by Crippen LogP contribution is 2.36. The molecule has 1 amide bonds. The van der Waals surface area contributed by atoms with E-state index < -0.39 is 41.9 Å². The molecule has 170 valence electrons. The van der Waals surface area contributed by atoms with Crippen LogP contribution >= 0.6 is 0 Å². The van der Waals surface area contributed by atoms with E-state index >= 15 is 0 Å². The predicted molar refractivity (Wildman–Crippen MR) is 105 cm³/mol. The number of hydrogen-bond acceptors (Lipinski definition) is 3. The molecule has 1 aliphatic rings. The quantitative estimate of drug-likeness (QED) is 0.615. The third-order valence-electron chi connectivity index (χ3n) is 5.53. The van der Waals surface area contributed by atoms with Crippen molar-refractivity contribution in [2.45, 2.75) is 32.0 Å². The van der Waals surface area contributed by atoms with Crippen LogP contribution in [0.5, 0.6) is 0 Å². The van der Waals surface area contributed by atoms with Crippen LogP contribution in [-0.4, -0.2) is 44.3 Å². The Balaban J connectivity index is 1.81. The average Bonchev–Trinajstić information content (AvgIpc) is 3.33. The fourth-order valence-corrected chi connectivity index (χ4v) is 3.91. The molecule has 0 bridgehead atoms. The Bertz CT molecular complexity index is 1250. The zero-order valence-electron chi connectivity index (χ0n) is 16.6. The number of pyridine rings is 1. The lowest BCUT2D eigenvalue weighted by Crippen LogP contribution is -2.35. The van der Waals surface area contributed by atoms with E-state index in [0.29, 0.717) is 12.1 Å². The van der Waals surface area contributed by atoms with Gasteiger partial charge in [-0.2, -0.15) is 13.2 Å². The molecule has 1 saturated heterocycles. The summed E-state index contributed by atoms with van der Waals surface area (Å²) in [6.07, 6.45) is -3.22. The van der Waals surface area contributed by atoms with Gasteiger partial charge < -0.3 is 19.1 Å². The second-order valence-corrected chi connectivity index (χ2v) is 7.58. The smallest absolute Gasteiger partial charge is 0.376 e. The van der Waals surface area contributed by atoms with E-state index in [2.05, 4.69) is 0 Å². The molecule has 1 aliphatic heterocycles. The first-order chi connectivity index (χ1) is 15.1. The molecular weight excluding hydrogens is 437 g/mol. The summed E-state index contributed by atoms with van der Waals surface area (Å²) in [6, 6.07) is 3.81. The summed E-state index contributed by atoms with van der Waals surface area (Å²) in [4.78, 5) is 26.9. The molecule has 0 aliphatic carbocycles. The van der Waals surface area contributed by atoms with Gasteiger partial charge in [-0.1, -0.05) is 6.07 Å². The van der Waals surface area contributed by atoms with E-state index in [4.69, 9.17) is 0 Å². The fraction of sp³-hybridized carbons (Fsp3) is 0.333. The minimum Gasteiger partial charge on any atom is -0.376 e. The predicted octanol–water partition coefficient (Wildman–Crippen LogP) is 3.15. The van der Waals surface area contributed by atoms with Gasteiger partial charge in [0.1, 0.15) is 25.3 Å². The number of hydrogen-bond donors (Lipinski definition) is 1. The molecule has 0 radical (unpaired) electrons. The molecule has 3 aromatic rings. The van der Waals surface area contributed by atoms with Gasteiger partial charge in [-0.05, 0) is 30.2 Å². The second kappa shape index (κ2) is 8.05. The molecule has 4 rings (SSSR count). The lowest BCUT2D eigenvalue weighted by molar-refractivity contribution is -0.140. The van der Waals surface area contributed by atoms with Gasteiger partial charge in [0.25, 0.3) is 5.56 Å². The van der Waals surface area contributed by atoms with Crippen LogP contribution in [0.3, 0.4) is 0 Å². The number of rotatable bonds is 4. The summed E-state index contributed by atoms with van der Waals surface area (Å²) in [5.74, 6) is -1.91. The summed E-state index contributed by atoms with van der Waals surface area (Å²) in [6.45, 7) is -0.753. The number of aliphatic hydroxyl groups excluding tert-OH is 1.